The van der Waals surface area contributed by atoms with Crippen molar-refractivity contribution in [3.05, 3.63) is 54.0 Å². The number of benzene rings is 1. The van der Waals surface area contributed by atoms with Gasteiger partial charge in [-0.2, -0.15) is 0 Å². The Balaban J connectivity index is 1.91. The average Bonchev–Trinajstić information content (AvgIpc) is 3.04. The summed E-state index contributed by atoms with van der Waals surface area (Å²) in [6, 6.07) is 11.2. The summed E-state index contributed by atoms with van der Waals surface area (Å²) in [5.41, 5.74) is 1.53. The highest BCUT2D eigenvalue weighted by Crippen LogP contribution is 2.33. The van der Waals surface area contributed by atoms with E-state index in [1.54, 1.807) is 18.3 Å². The van der Waals surface area contributed by atoms with Crippen LogP contribution in [0.15, 0.2) is 47.1 Å². The zero-order valence-corrected chi connectivity index (χ0v) is 11.9. The number of fused-ring (bicyclic) bond motifs is 1. The van der Waals surface area contributed by atoms with E-state index in [0.717, 1.165) is 17.9 Å². The van der Waals surface area contributed by atoms with Gasteiger partial charge in [-0.05, 0) is 30.7 Å². The van der Waals surface area contributed by atoms with Crippen LogP contribution in [0, 0.1) is 0 Å². The molecule has 0 saturated heterocycles. The molecule has 21 heavy (non-hydrogen) atoms. The molecule has 0 fully saturated rings. The molecule has 0 radical (unpaired) electrons. The monoisotopic (exact) mass is 286 g/mol. The van der Waals surface area contributed by atoms with Crippen molar-refractivity contribution in [2.75, 3.05) is 25.6 Å². The second kappa shape index (κ2) is 6.01. The summed E-state index contributed by atoms with van der Waals surface area (Å²) in [6.07, 6.45) is 2.12. The van der Waals surface area contributed by atoms with Gasteiger partial charge in [0.15, 0.2) is 6.17 Å². The highest BCUT2D eigenvalue weighted by atomic mass is 16.5. The molecule has 3 rings (SSSR count). The zero-order chi connectivity index (χ0) is 14.7. The lowest BCUT2D eigenvalue weighted by Crippen LogP contribution is -2.43. The molecule has 1 atom stereocenters. The van der Waals surface area contributed by atoms with Crippen molar-refractivity contribution >= 4 is 11.6 Å². The number of carbonyl (C=O) groups is 1. The number of rotatable bonds is 5. The van der Waals surface area contributed by atoms with Gasteiger partial charge in [0.2, 0.25) is 0 Å². The standard InChI is InChI=1S/C16H18N2O3/c1-20-10-5-9-18-15(14-8-4-11-21-14)17-13-7-3-2-6-12(13)16(18)19/h2-4,6-8,11,15,17H,5,9-10H2,1H3. The normalized spacial score (nSPS) is 17.5. The van der Waals surface area contributed by atoms with E-state index in [2.05, 4.69) is 5.32 Å². The van der Waals surface area contributed by atoms with Gasteiger partial charge < -0.3 is 19.4 Å². The number of anilines is 1. The number of ether oxygens (including phenoxy) is 1. The minimum absolute atomic E-state index is 0.0156. The number of para-hydroxylation sites is 1. The van der Waals surface area contributed by atoms with Crippen molar-refractivity contribution in [1.29, 1.82) is 0 Å². The van der Waals surface area contributed by atoms with Gasteiger partial charge in [0.1, 0.15) is 5.76 Å². The lowest BCUT2D eigenvalue weighted by molar-refractivity contribution is 0.0639. The summed E-state index contributed by atoms with van der Waals surface area (Å²) >= 11 is 0. The quantitative estimate of drug-likeness (QED) is 0.859. The number of hydrogen-bond acceptors (Lipinski definition) is 4. The number of amides is 1. The fraction of sp³-hybridized carbons (Fsp3) is 0.312. The molecule has 0 bridgehead atoms. The Hall–Kier alpha value is -2.27. The minimum Gasteiger partial charge on any atom is -0.465 e. The summed E-state index contributed by atoms with van der Waals surface area (Å²) in [7, 11) is 1.66. The molecule has 5 nitrogen and oxygen atoms in total. The van der Waals surface area contributed by atoms with Crippen molar-refractivity contribution in [2.24, 2.45) is 0 Å². The predicted octanol–water partition coefficient (Wildman–Crippen LogP) is 2.88. The highest BCUT2D eigenvalue weighted by Gasteiger charge is 2.33. The molecule has 2 heterocycles. The molecule has 1 aromatic heterocycles. The first-order chi connectivity index (χ1) is 10.3. The van der Waals surface area contributed by atoms with E-state index in [1.807, 2.05) is 36.4 Å². The van der Waals surface area contributed by atoms with Crippen LogP contribution in [0.5, 0.6) is 0 Å². The largest absolute Gasteiger partial charge is 0.465 e. The van der Waals surface area contributed by atoms with E-state index in [-0.39, 0.29) is 12.1 Å². The van der Waals surface area contributed by atoms with Gasteiger partial charge in [-0.25, -0.2) is 0 Å². The SMILES string of the molecule is COCCCN1C(=O)c2ccccc2NC1c1ccco1. The van der Waals surface area contributed by atoms with Crippen LogP contribution in [-0.2, 0) is 4.74 Å². The molecular formula is C16H18N2O3. The third-order valence-electron chi connectivity index (χ3n) is 3.58. The van der Waals surface area contributed by atoms with Crippen molar-refractivity contribution in [2.45, 2.75) is 12.6 Å². The first kappa shape index (κ1) is 13.7. The molecule has 1 N–H and O–H groups in total. The van der Waals surface area contributed by atoms with E-state index in [0.29, 0.717) is 18.7 Å². The van der Waals surface area contributed by atoms with Gasteiger partial charge in [-0.15, -0.1) is 0 Å². The molecule has 0 saturated carbocycles. The first-order valence-electron chi connectivity index (χ1n) is 7.00. The van der Waals surface area contributed by atoms with Gasteiger partial charge in [-0.1, -0.05) is 12.1 Å². The van der Waals surface area contributed by atoms with Gasteiger partial charge >= 0.3 is 0 Å². The average molecular weight is 286 g/mol. The van der Waals surface area contributed by atoms with Crippen LogP contribution < -0.4 is 5.32 Å². The second-order valence-electron chi connectivity index (χ2n) is 4.95. The molecule has 1 aromatic carbocycles. The Morgan fingerprint density at radius 2 is 2.14 bits per heavy atom. The number of furan rings is 1. The fourth-order valence-electron chi connectivity index (χ4n) is 2.57. The molecule has 0 spiro atoms. The molecule has 1 unspecified atom stereocenters. The molecule has 0 aliphatic carbocycles. The fourth-order valence-corrected chi connectivity index (χ4v) is 2.57. The van der Waals surface area contributed by atoms with Crippen molar-refractivity contribution in [1.82, 2.24) is 4.90 Å². The third-order valence-corrected chi connectivity index (χ3v) is 3.58. The topological polar surface area (TPSA) is 54.7 Å². The van der Waals surface area contributed by atoms with E-state index in [9.17, 15) is 4.79 Å². The summed E-state index contributed by atoms with van der Waals surface area (Å²) in [6.45, 7) is 1.23. The van der Waals surface area contributed by atoms with Crippen LogP contribution in [0.3, 0.4) is 0 Å². The first-order valence-corrected chi connectivity index (χ1v) is 7.00. The summed E-state index contributed by atoms with van der Waals surface area (Å²) < 4.78 is 10.6. The van der Waals surface area contributed by atoms with Crippen LogP contribution in [0.4, 0.5) is 5.69 Å². The molecular weight excluding hydrogens is 268 g/mol. The number of hydrogen-bond donors (Lipinski definition) is 1. The summed E-state index contributed by atoms with van der Waals surface area (Å²) in [5.74, 6) is 0.747. The van der Waals surface area contributed by atoms with Crippen LogP contribution in [0.25, 0.3) is 0 Å². The molecule has 1 amide bonds. The minimum atomic E-state index is -0.278. The Kier molecular flexibility index (Phi) is 3.92. The van der Waals surface area contributed by atoms with Crippen LogP contribution >= 0.6 is 0 Å². The number of methoxy groups -OCH3 is 1. The Morgan fingerprint density at radius 3 is 2.90 bits per heavy atom. The number of carbonyl (C=O) groups excluding carboxylic acids is 1. The Morgan fingerprint density at radius 1 is 1.29 bits per heavy atom. The summed E-state index contributed by atoms with van der Waals surface area (Å²) in [4.78, 5) is 14.5. The number of nitrogens with one attached hydrogen (secondary N) is 1. The summed E-state index contributed by atoms with van der Waals surface area (Å²) in [5, 5.41) is 3.38. The van der Waals surface area contributed by atoms with E-state index in [4.69, 9.17) is 9.15 Å². The Labute approximate surface area is 123 Å². The maximum absolute atomic E-state index is 12.7. The van der Waals surface area contributed by atoms with E-state index < -0.39 is 0 Å². The van der Waals surface area contributed by atoms with Crippen LogP contribution in [0.1, 0.15) is 28.7 Å². The maximum Gasteiger partial charge on any atom is 0.257 e. The second-order valence-corrected chi connectivity index (χ2v) is 4.95. The third kappa shape index (κ3) is 2.64. The maximum atomic E-state index is 12.7. The lowest BCUT2D eigenvalue weighted by atomic mass is 10.1. The molecule has 2 aromatic rings. The van der Waals surface area contributed by atoms with Crippen LogP contribution in [0.2, 0.25) is 0 Å². The lowest BCUT2D eigenvalue weighted by Gasteiger charge is -2.36. The Bertz CT molecular complexity index is 610. The highest BCUT2D eigenvalue weighted by molar-refractivity contribution is 6.01. The van der Waals surface area contributed by atoms with Crippen molar-refractivity contribution in [3.8, 4) is 0 Å². The molecule has 110 valence electrons. The van der Waals surface area contributed by atoms with E-state index >= 15 is 0 Å². The molecule has 1 aliphatic heterocycles. The van der Waals surface area contributed by atoms with Gasteiger partial charge in [-0.3, -0.25) is 4.79 Å². The number of nitrogens with zero attached hydrogens (tertiary/aromatic N) is 1. The van der Waals surface area contributed by atoms with E-state index in [1.165, 1.54) is 0 Å². The van der Waals surface area contributed by atoms with Crippen LogP contribution in [-0.4, -0.2) is 31.1 Å². The predicted molar refractivity (Wildman–Crippen MR) is 79.0 cm³/mol. The van der Waals surface area contributed by atoms with Crippen molar-refractivity contribution < 1.29 is 13.9 Å². The van der Waals surface area contributed by atoms with Gasteiger partial charge in [0.05, 0.1) is 11.8 Å². The van der Waals surface area contributed by atoms with Crippen molar-refractivity contribution in [3.63, 3.8) is 0 Å². The molecule has 1 aliphatic rings. The van der Waals surface area contributed by atoms with Gasteiger partial charge in [0, 0.05) is 25.9 Å². The van der Waals surface area contributed by atoms with Gasteiger partial charge in [0.25, 0.3) is 5.91 Å². The zero-order valence-electron chi connectivity index (χ0n) is 11.9. The smallest absolute Gasteiger partial charge is 0.257 e. The molecule has 5 heteroatoms.